The second-order valence-corrected chi connectivity index (χ2v) is 6.89. The van der Waals surface area contributed by atoms with E-state index in [1.807, 2.05) is 4.90 Å². The molecule has 1 aromatic carbocycles. The van der Waals surface area contributed by atoms with Gasteiger partial charge >= 0.3 is 0 Å². The van der Waals surface area contributed by atoms with Crippen LogP contribution in [0.15, 0.2) is 24.3 Å². The van der Waals surface area contributed by atoms with Crippen molar-refractivity contribution in [1.82, 2.24) is 9.80 Å². The molecule has 1 aromatic rings. The van der Waals surface area contributed by atoms with Gasteiger partial charge in [-0.1, -0.05) is 13.8 Å². The van der Waals surface area contributed by atoms with Crippen LogP contribution in [0.1, 0.15) is 41.0 Å². The highest BCUT2D eigenvalue weighted by Crippen LogP contribution is 2.28. The number of hydrogen-bond acceptors (Lipinski definition) is 3. The molecule has 5 nitrogen and oxygen atoms in total. The van der Waals surface area contributed by atoms with Crippen molar-refractivity contribution >= 4 is 24.2 Å². The van der Waals surface area contributed by atoms with Crippen molar-refractivity contribution in [2.45, 2.75) is 26.3 Å². The van der Waals surface area contributed by atoms with E-state index in [0.29, 0.717) is 24.2 Å². The number of rotatable bonds is 2. The summed E-state index contributed by atoms with van der Waals surface area (Å²) in [7, 11) is 3.42. The van der Waals surface area contributed by atoms with Gasteiger partial charge in [0.1, 0.15) is 0 Å². The summed E-state index contributed by atoms with van der Waals surface area (Å²) in [5, 5.41) is 0. The van der Waals surface area contributed by atoms with Crippen molar-refractivity contribution in [2.24, 2.45) is 11.1 Å². The monoisotopic (exact) mass is 339 g/mol. The Morgan fingerprint density at radius 1 is 1.17 bits per heavy atom. The zero-order valence-electron chi connectivity index (χ0n) is 14.2. The first-order valence-electron chi connectivity index (χ1n) is 7.59. The molecule has 23 heavy (non-hydrogen) atoms. The number of carbonyl (C=O) groups excluding carboxylic acids is 2. The summed E-state index contributed by atoms with van der Waals surface area (Å²) in [5.74, 6) is -0.0621. The largest absolute Gasteiger partial charge is 0.345 e. The normalized spacial score (nSPS) is 19.7. The molecule has 1 unspecified atom stereocenters. The average Bonchev–Trinajstić information content (AvgIpc) is 2.48. The lowest BCUT2D eigenvalue weighted by atomic mass is 9.79. The quantitative estimate of drug-likeness (QED) is 0.896. The fourth-order valence-electron chi connectivity index (χ4n) is 2.74. The van der Waals surface area contributed by atoms with Crippen LogP contribution < -0.4 is 5.73 Å². The number of nitrogens with zero attached hydrogens (tertiary/aromatic N) is 2. The van der Waals surface area contributed by atoms with E-state index in [-0.39, 0.29) is 35.7 Å². The van der Waals surface area contributed by atoms with Gasteiger partial charge in [-0.15, -0.1) is 12.4 Å². The molecular weight excluding hydrogens is 314 g/mol. The van der Waals surface area contributed by atoms with Crippen LogP contribution >= 0.6 is 12.4 Å². The van der Waals surface area contributed by atoms with Gasteiger partial charge in [0.2, 0.25) is 0 Å². The Hall–Kier alpha value is -1.59. The van der Waals surface area contributed by atoms with Gasteiger partial charge < -0.3 is 15.5 Å². The van der Waals surface area contributed by atoms with Gasteiger partial charge in [-0.25, -0.2) is 0 Å². The third kappa shape index (κ3) is 4.24. The van der Waals surface area contributed by atoms with Crippen LogP contribution in [0.4, 0.5) is 0 Å². The number of halogens is 1. The standard InChI is InChI=1S/C17H25N3O2.ClH/c1-17(2)11-20(10-9-14(17)18)16(22)13-7-5-12(6-8-13)15(21)19(3)4;/h5-8,14H,9-11,18H2,1-4H3;1H. The zero-order chi connectivity index (χ0) is 16.5. The van der Waals surface area contributed by atoms with Crippen LogP contribution in [0.2, 0.25) is 0 Å². The van der Waals surface area contributed by atoms with E-state index >= 15 is 0 Å². The fraction of sp³-hybridized carbons (Fsp3) is 0.529. The van der Waals surface area contributed by atoms with E-state index < -0.39 is 0 Å². The first-order chi connectivity index (χ1) is 10.2. The molecular formula is C17H26ClN3O2. The van der Waals surface area contributed by atoms with E-state index in [2.05, 4.69) is 13.8 Å². The van der Waals surface area contributed by atoms with E-state index in [1.54, 1.807) is 38.4 Å². The molecule has 1 aliphatic rings. The minimum Gasteiger partial charge on any atom is -0.345 e. The first-order valence-corrected chi connectivity index (χ1v) is 7.59. The Kier molecular flexibility index (Phi) is 6.19. The van der Waals surface area contributed by atoms with Gasteiger partial charge in [-0.2, -0.15) is 0 Å². The Bertz CT molecular complexity index is 570. The summed E-state index contributed by atoms with van der Waals surface area (Å²) in [6, 6.07) is 6.98. The minimum atomic E-state index is -0.0747. The Labute approximate surface area is 144 Å². The third-order valence-corrected chi connectivity index (χ3v) is 4.38. The maximum Gasteiger partial charge on any atom is 0.253 e. The highest BCUT2D eigenvalue weighted by Gasteiger charge is 2.35. The number of nitrogens with two attached hydrogens (primary N) is 1. The van der Waals surface area contributed by atoms with Gasteiger partial charge in [-0.05, 0) is 36.1 Å². The minimum absolute atomic E-state index is 0. The van der Waals surface area contributed by atoms with E-state index in [1.165, 1.54) is 4.90 Å². The Morgan fingerprint density at radius 2 is 1.70 bits per heavy atom. The summed E-state index contributed by atoms with van der Waals surface area (Å²) in [4.78, 5) is 27.8. The second-order valence-electron chi connectivity index (χ2n) is 6.89. The van der Waals surface area contributed by atoms with Crippen LogP contribution in [0.5, 0.6) is 0 Å². The van der Waals surface area contributed by atoms with Gasteiger partial charge in [0.05, 0.1) is 0 Å². The van der Waals surface area contributed by atoms with Crippen LogP contribution in [0, 0.1) is 5.41 Å². The predicted octanol–water partition coefficient (Wildman–Crippen LogP) is 2.01. The molecule has 0 aliphatic carbocycles. The smallest absolute Gasteiger partial charge is 0.253 e. The topological polar surface area (TPSA) is 66.6 Å². The third-order valence-electron chi connectivity index (χ3n) is 4.38. The van der Waals surface area contributed by atoms with Crippen LogP contribution in [0.25, 0.3) is 0 Å². The molecule has 1 aliphatic heterocycles. The molecule has 0 aromatic heterocycles. The number of carbonyl (C=O) groups is 2. The SMILES string of the molecule is CN(C)C(=O)c1ccc(C(=O)N2CCC(N)C(C)(C)C2)cc1.Cl. The van der Waals surface area contributed by atoms with Gasteiger partial charge in [0.25, 0.3) is 11.8 Å². The first kappa shape index (κ1) is 19.5. The predicted molar refractivity (Wildman–Crippen MR) is 94.0 cm³/mol. The summed E-state index contributed by atoms with van der Waals surface area (Å²) >= 11 is 0. The van der Waals surface area contributed by atoms with Crippen LogP contribution in [-0.4, -0.2) is 54.8 Å². The van der Waals surface area contributed by atoms with Crippen molar-refractivity contribution < 1.29 is 9.59 Å². The second kappa shape index (κ2) is 7.32. The van der Waals surface area contributed by atoms with Crippen molar-refractivity contribution in [3.8, 4) is 0 Å². The molecule has 0 radical (unpaired) electrons. The maximum atomic E-state index is 12.6. The van der Waals surface area contributed by atoms with Crippen LogP contribution in [0.3, 0.4) is 0 Å². The van der Waals surface area contributed by atoms with E-state index in [4.69, 9.17) is 5.73 Å². The van der Waals surface area contributed by atoms with Crippen molar-refractivity contribution in [3.05, 3.63) is 35.4 Å². The molecule has 2 amide bonds. The molecule has 1 saturated heterocycles. The fourth-order valence-corrected chi connectivity index (χ4v) is 2.74. The summed E-state index contributed by atoms with van der Waals surface area (Å²) in [6.07, 6.45) is 0.815. The maximum absolute atomic E-state index is 12.6. The molecule has 0 bridgehead atoms. The Morgan fingerprint density at radius 3 is 2.17 bits per heavy atom. The van der Waals surface area contributed by atoms with Crippen molar-refractivity contribution in [2.75, 3.05) is 27.2 Å². The molecule has 2 N–H and O–H groups in total. The van der Waals surface area contributed by atoms with Crippen molar-refractivity contribution in [1.29, 1.82) is 0 Å². The van der Waals surface area contributed by atoms with Gasteiger partial charge in [0.15, 0.2) is 0 Å². The van der Waals surface area contributed by atoms with Crippen molar-refractivity contribution in [3.63, 3.8) is 0 Å². The molecule has 0 spiro atoms. The highest BCUT2D eigenvalue weighted by atomic mass is 35.5. The number of piperidine rings is 1. The van der Waals surface area contributed by atoms with E-state index in [0.717, 1.165) is 6.42 Å². The molecule has 2 rings (SSSR count). The van der Waals surface area contributed by atoms with E-state index in [9.17, 15) is 9.59 Å². The van der Waals surface area contributed by atoms with Crippen LogP contribution in [-0.2, 0) is 0 Å². The average molecular weight is 340 g/mol. The summed E-state index contributed by atoms with van der Waals surface area (Å²) in [5.41, 5.74) is 7.24. The molecule has 0 saturated carbocycles. The molecule has 1 atom stereocenters. The number of benzene rings is 1. The number of hydrogen-bond donors (Lipinski definition) is 1. The lowest BCUT2D eigenvalue weighted by Crippen LogP contribution is -2.54. The number of likely N-dealkylation sites (tertiary alicyclic amines) is 1. The Balaban J connectivity index is 0.00000264. The lowest BCUT2D eigenvalue weighted by Gasteiger charge is -2.42. The molecule has 128 valence electrons. The highest BCUT2D eigenvalue weighted by molar-refractivity contribution is 5.97. The van der Waals surface area contributed by atoms with Gasteiger partial charge in [0, 0.05) is 44.4 Å². The molecule has 6 heteroatoms. The molecule has 1 heterocycles. The lowest BCUT2D eigenvalue weighted by molar-refractivity contribution is 0.0532. The molecule has 1 fully saturated rings. The summed E-state index contributed by atoms with van der Waals surface area (Å²) in [6.45, 7) is 5.53. The summed E-state index contributed by atoms with van der Waals surface area (Å²) < 4.78 is 0. The number of amides is 2. The van der Waals surface area contributed by atoms with Gasteiger partial charge in [-0.3, -0.25) is 9.59 Å². The zero-order valence-corrected chi connectivity index (χ0v) is 15.0.